The lowest BCUT2D eigenvalue weighted by Gasteiger charge is -2.35. The van der Waals surface area contributed by atoms with E-state index >= 15 is 0 Å². The molecular weight excluding hydrogens is 287 g/mol. The molecule has 5 nitrogen and oxygen atoms in total. The van der Waals surface area contributed by atoms with Crippen molar-refractivity contribution in [1.29, 1.82) is 0 Å². The van der Waals surface area contributed by atoms with E-state index in [-0.39, 0.29) is 30.0 Å². The molecule has 0 aromatic carbocycles. The number of methoxy groups -OCH3 is 1. The van der Waals surface area contributed by atoms with Crippen LogP contribution in [0.3, 0.4) is 0 Å². The monoisotopic (exact) mass is 303 g/mol. The van der Waals surface area contributed by atoms with E-state index in [1.807, 2.05) is 0 Å². The second-order valence-electron chi connectivity index (χ2n) is 4.91. The number of nitrogens with two attached hydrogens (primary N) is 1. The maximum absolute atomic E-state index is 12.8. The van der Waals surface area contributed by atoms with Gasteiger partial charge in [0.05, 0.1) is 24.3 Å². The van der Waals surface area contributed by atoms with Crippen molar-refractivity contribution in [3.05, 3.63) is 17.8 Å². The number of carbonyl (C=O) groups is 1. The number of halogens is 3. The van der Waals surface area contributed by atoms with Crippen molar-refractivity contribution < 1.29 is 22.7 Å². The van der Waals surface area contributed by atoms with E-state index in [0.717, 1.165) is 0 Å². The highest BCUT2D eigenvalue weighted by Crippen LogP contribution is 2.36. The van der Waals surface area contributed by atoms with Crippen LogP contribution in [-0.4, -0.2) is 37.3 Å². The minimum absolute atomic E-state index is 0.0483. The maximum Gasteiger partial charge on any atom is 0.393 e. The molecule has 0 aliphatic carbocycles. The first-order valence-electron chi connectivity index (χ1n) is 6.49. The molecule has 1 aliphatic heterocycles. The number of nitrogen functional groups attached to an aromatic ring is 1. The van der Waals surface area contributed by atoms with Gasteiger partial charge < -0.3 is 15.4 Å². The van der Waals surface area contributed by atoms with Crippen LogP contribution >= 0.6 is 0 Å². The number of hydrogen-bond acceptors (Lipinski definition) is 5. The normalized spacial score (nSPS) is 19.4. The fraction of sp³-hybridized carbons (Fsp3) is 0.538. The second-order valence-corrected chi connectivity index (χ2v) is 4.91. The van der Waals surface area contributed by atoms with Crippen LogP contribution in [0.25, 0.3) is 0 Å². The zero-order chi connectivity index (χ0) is 15.6. The minimum atomic E-state index is -4.24. The summed E-state index contributed by atoms with van der Waals surface area (Å²) in [5, 5.41) is 0. The Hall–Kier alpha value is -1.99. The summed E-state index contributed by atoms with van der Waals surface area (Å²) in [6.07, 6.45) is -2.41. The van der Waals surface area contributed by atoms with E-state index in [1.165, 1.54) is 24.3 Å². The van der Waals surface area contributed by atoms with E-state index in [1.54, 1.807) is 0 Å². The van der Waals surface area contributed by atoms with Gasteiger partial charge in [0.1, 0.15) is 0 Å². The van der Waals surface area contributed by atoms with Gasteiger partial charge in [-0.25, -0.2) is 9.78 Å². The van der Waals surface area contributed by atoms with Crippen molar-refractivity contribution in [1.82, 2.24) is 4.98 Å². The van der Waals surface area contributed by atoms with Gasteiger partial charge in [-0.1, -0.05) is 0 Å². The molecule has 1 unspecified atom stereocenters. The van der Waals surface area contributed by atoms with Crippen molar-refractivity contribution in [2.24, 2.45) is 5.92 Å². The molecule has 0 spiro atoms. The zero-order valence-electron chi connectivity index (χ0n) is 11.5. The Morgan fingerprint density at radius 1 is 1.52 bits per heavy atom. The highest BCUT2D eigenvalue weighted by molar-refractivity contribution is 5.97. The number of anilines is 2. The molecule has 0 radical (unpaired) electrons. The standard InChI is InChI=1S/C13H16F3N3O2/c1-21-12(20)9-4-5-18-11(10(9)17)19-6-2-3-8(7-19)13(14,15)16/h4-5,8H,2-3,6-7,17H2,1H3. The molecule has 8 heteroatoms. The van der Waals surface area contributed by atoms with Crippen molar-refractivity contribution in [2.75, 3.05) is 30.8 Å². The Morgan fingerprint density at radius 3 is 2.86 bits per heavy atom. The SMILES string of the molecule is COC(=O)c1ccnc(N2CCCC(C(F)(F)F)C2)c1N. The average molecular weight is 303 g/mol. The van der Waals surface area contributed by atoms with E-state index in [0.29, 0.717) is 13.0 Å². The van der Waals surface area contributed by atoms with Crippen LogP contribution in [0.1, 0.15) is 23.2 Å². The Labute approximate surface area is 119 Å². The number of rotatable bonds is 2. The highest BCUT2D eigenvalue weighted by atomic mass is 19.4. The van der Waals surface area contributed by atoms with Gasteiger partial charge in [-0.2, -0.15) is 13.2 Å². The van der Waals surface area contributed by atoms with Gasteiger partial charge in [-0.05, 0) is 18.9 Å². The van der Waals surface area contributed by atoms with Gasteiger partial charge in [-0.15, -0.1) is 0 Å². The molecule has 1 atom stereocenters. The molecule has 1 fully saturated rings. The highest BCUT2D eigenvalue weighted by Gasteiger charge is 2.42. The fourth-order valence-corrected chi connectivity index (χ4v) is 2.44. The number of hydrogen-bond donors (Lipinski definition) is 1. The van der Waals surface area contributed by atoms with E-state index in [2.05, 4.69) is 9.72 Å². The quantitative estimate of drug-likeness (QED) is 0.849. The van der Waals surface area contributed by atoms with Gasteiger partial charge in [0.2, 0.25) is 0 Å². The average Bonchev–Trinajstić information content (AvgIpc) is 2.46. The summed E-state index contributed by atoms with van der Waals surface area (Å²) in [6.45, 7) is 0.222. The Morgan fingerprint density at radius 2 is 2.24 bits per heavy atom. The second kappa shape index (κ2) is 5.79. The minimum Gasteiger partial charge on any atom is -0.465 e. The summed E-state index contributed by atoms with van der Waals surface area (Å²) < 4.78 is 43.1. The first kappa shape index (κ1) is 15.4. The number of alkyl halides is 3. The number of ether oxygens (including phenoxy) is 1. The Bertz CT molecular complexity index is 534. The van der Waals surface area contributed by atoms with Gasteiger partial charge in [0, 0.05) is 19.3 Å². The molecule has 0 bridgehead atoms. The number of esters is 1. The molecule has 1 saturated heterocycles. The summed E-state index contributed by atoms with van der Waals surface area (Å²) in [5.41, 5.74) is 6.02. The largest absolute Gasteiger partial charge is 0.465 e. The van der Waals surface area contributed by atoms with E-state index < -0.39 is 18.1 Å². The van der Waals surface area contributed by atoms with Gasteiger partial charge >= 0.3 is 12.1 Å². The first-order chi connectivity index (χ1) is 9.84. The molecule has 0 saturated carbocycles. The van der Waals surface area contributed by atoms with Crippen molar-refractivity contribution in [3.8, 4) is 0 Å². The van der Waals surface area contributed by atoms with Crippen LogP contribution in [0, 0.1) is 5.92 Å². The first-order valence-corrected chi connectivity index (χ1v) is 6.49. The van der Waals surface area contributed by atoms with E-state index in [4.69, 9.17) is 5.73 Å². The van der Waals surface area contributed by atoms with Crippen LogP contribution in [-0.2, 0) is 4.74 Å². The zero-order valence-corrected chi connectivity index (χ0v) is 11.5. The molecule has 1 aliphatic rings. The Kier molecular flexibility index (Phi) is 4.24. The molecule has 2 rings (SSSR count). The van der Waals surface area contributed by atoms with Crippen LogP contribution in [0.2, 0.25) is 0 Å². The third-order valence-corrected chi connectivity index (χ3v) is 3.56. The predicted octanol–water partition coefficient (Wildman–Crippen LogP) is 2.23. The molecule has 21 heavy (non-hydrogen) atoms. The third kappa shape index (κ3) is 3.20. The van der Waals surface area contributed by atoms with Gasteiger partial charge in [-0.3, -0.25) is 0 Å². The fourth-order valence-electron chi connectivity index (χ4n) is 2.44. The maximum atomic E-state index is 12.8. The number of piperidine rings is 1. The summed E-state index contributed by atoms with van der Waals surface area (Å²) >= 11 is 0. The lowest BCUT2D eigenvalue weighted by atomic mass is 9.97. The van der Waals surface area contributed by atoms with Crippen LogP contribution in [0.15, 0.2) is 12.3 Å². The van der Waals surface area contributed by atoms with Crippen molar-refractivity contribution >= 4 is 17.5 Å². The number of pyridine rings is 1. The summed E-state index contributed by atoms with van der Waals surface area (Å²) in [5.74, 6) is -1.85. The number of nitrogens with zero attached hydrogens (tertiary/aromatic N) is 2. The molecule has 1 aromatic rings. The Balaban J connectivity index is 2.28. The molecule has 1 aromatic heterocycles. The van der Waals surface area contributed by atoms with Crippen molar-refractivity contribution in [2.45, 2.75) is 19.0 Å². The number of aromatic nitrogens is 1. The molecular formula is C13H16F3N3O2. The smallest absolute Gasteiger partial charge is 0.393 e. The number of carbonyl (C=O) groups excluding carboxylic acids is 1. The van der Waals surface area contributed by atoms with Crippen LogP contribution in [0.4, 0.5) is 24.7 Å². The summed E-state index contributed by atoms with van der Waals surface area (Å²) in [6, 6.07) is 1.38. The summed E-state index contributed by atoms with van der Waals surface area (Å²) in [4.78, 5) is 17.1. The van der Waals surface area contributed by atoms with E-state index in [9.17, 15) is 18.0 Å². The van der Waals surface area contributed by atoms with Gasteiger partial charge in [0.25, 0.3) is 0 Å². The molecule has 0 amide bonds. The topological polar surface area (TPSA) is 68.5 Å². The third-order valence-electron chi connectivity index (χ3n) is 3.56. The molecule has 2 N–H and O–H groups in total. The summed E-state index contributed by atoms with van der Waals surface area (Å²) in [7, 11) is 1.21. The predicted molar refractivity (Wildman–Crippen MR) is 71.0 cm³/mol. The lowest BCUT2D eigenvalue weighted by Crippen LogP contribution is -2.42. The van der Waals surface area contributed by atoms with Crippen molar-refractivity contribution in [3.63, 3.8) is 0 Å². The lowest BCUT2D eigenvalue weighted by molar-refractivity contribution is -0.176. The van der Waals surface area contributed by atoms with Gasteiger partial charge in [0.15, 0.2) is 5.82 Å². The molecule has 2 heterocycles. The molecule has 116 valence electrons. The van der Waals surface area contributed by atoms with Crippen LogP contribution in [0.5, 0.6) is 0 Å². The van der Waals surface area contributed by atoms with Crippen LogP contribution < -0.4 is 10.6 Å².